The Bertz CT molecular complexity index is 1370. The van der Waals surface area contributed by atoms with E-state index in [1.54, 1.807) is 6.92 Å². The number of hydrogen-bond donors (Lipinski definition) is 4. The largest absolute Gasteiger partial charge is 0.481 e. The molecule has 2 atom stereocenters. The summed E-state index contributed by atoms with van der Waals surface area (Å²) in [5.74, 6) is 0.897. The summed E-state index contributed by atoms with van der Waals surface area (Å²) in [5.41, 5.74) is 1.62. The molecule has 0 aliphatic heterocycles. The van der Waals surface area contributed by atoms with E-state index in [1.807, 2.05) is 60.8 Å². The van der Waals surface area contributed by atoms with Crippen LogP contribution in [0, 0.1) is 29.6 Å². The molecule has 40 heavy (non-hydrogen) atoms. The molecule has 0 saturated heterocycles. The Labute approximate surface area is 235 Å². The molecule has 4 fully saturated rings. The molecule has 0 spiro atoms. The molecule has 1 aromatic heterocycles. The minimum atomic E-state index is -1.25. The number of carbonyl (C=O) groups excluding carboxylic acids is 2. The van der Waals surface area contributed by atoms with Crippen molar-refractivity contribution in [2.45, 2.75) is 69.9 Å². The molecule has 0 radical (unpaired) electrons. The summed E-state index contributed by atoms with van der Waals surface area (Å²) in [6.45, 7) is 1.79. The van der Waals surface area contributed by atoms with Gasteiger partial charge in [-0.25, -0.2) is 0 Å². The first kappa shape index (κ1) is 26.6. The number of hydrogen-bond acceptors (Lipinski definition) is 3. The van der Waals surface area contributed by atoms with Gasteiger partial charge in [0.1, 0.15) is 5.54 Å². The third-order valence-electron chi connectivity index (χ3n) is 9.73. The molecule has 7 heteroatoms. The van der Waals surface area contributed by atoms with Crippen LogP contribution in [0.3, 0.4) is 0 Å². The van der Waals surface area contributed by atoms with E-state index in [9.17, 15) is 19.5 Å². The Morgan fingerprint density at radius 2 is 1.60 bits per heavy atom. The number of carboxylic acid groups (broad SMARTS) is 1. The lowest BCUT2D eigenvalue weighted by Gasteiger charge is -2.54. The maximum Gasteiger partial charge on any atom is 0.305 e. The van der Waals surface area contributed by atoms with Gasteiger partial charge in [-0.1, -0.05) is 48.5 Å². The Morgan fingerprint density at radius 3 is 2.27 bits per heavy atom. The molecule has 7 rings (SSSR count). The van der Waals surface area contributed by atoms with Crippen LogP contribution in [0.5, 0.6) is 0 Å². The van der Waals surface area contributed by atoms with Crippen LogP contribution in [0.15, 0.2) is 60.8 Å². The lowest BCUT2D eigenvalue weighted by molar-refractivity contribution is -0.144. The van der Waals surface area contributed by atoms with E-state index in [-0.39, 0.29) is 24.2 Å². The van der Waals surface area contributed by atoms with Crippen molar-refractivity contribution < 1.29 is 19.5 Å². The summed E-state index contributed by atoms with van der Waals surface area (Å²) >= 11 is 0. The second kappa shape index (κ2) is 10.8. The number of aromatic amines is 1. The van der Waals surface area contributed by atoms with Gasteiger partial charge in [0, 0.05) is 35.5 Å². The molecular weight excluding hydrogens is 502 g/mol. The molecule has 2 aromatic carbocycles. The summed E-state index contributed by atoms with van der Waals surface area (Å²) in [6.07, 6.45) is 8.19. The van der Waals surface area contributed by atoms with Crippen LogP contribution in [-0.4, -0.2) is 39.5 Å². The fraction of sp³-hybridized carbons (Fsp3) is 0.485. The quantitative estimate of drug-likeness (QED) is 0.294. The van der Waals surface area contributed by atoms with Crippen LogP contribution in [0.4, 0.5) is 0 Å². The second-order valence-electron chi connectivity index (χ2n) is 12.8. The van der Waals surface area contributed by atoms with E-state index in [2.05, 4.69) is 15.6 Å². The lowest BCUT2D eigenvalue weighted by atomic mass is 9.51. The van der Waals surface area contributed by atoms with Gasteiger partial charge >= 0.3 is 5.97 Å². The van der Waals surface area contributed by atoms with Gasteiger partial charge in [0.15, 0.2) is 0 Å². The fourth-order valence-electron chi connectivity index (χ4n) is 8.18. The van der Waals surface area contributed by atoms with Crippen molar-refractivity contribution in [3.63, 3.8) is 0 Å². The van der Waals surface area contributed by atoms with Gasteiger partial charge in [-0.3, -0.25) is 14.4 Å². The van der Waals surface area contributed by atoms with Crippen LogP contribution >= 0.6 is 0 Å². The summed E-state index contributed by atoms with van der Waals surface area (Å²) < 4.78 is 0. The molecule has 1 heterocycles. The van der Waals surface area contributed by atoms with Crippen molar-refractivity contribution in [1.29, 1.82) is 0 Å². The number of amides is 2. The average molecular weight is 542 g/mol. The highest BCUT2D eigenvalue weighted by molar-refractivity contribution is 5.94. The molecule has 7 nitrogen and oxygen atoms in total. The van der Waals surface area contributed by atoms with E-state index in [0.29, 0.717) is 24.7 Å². The standard InChI is InChI=1S/C33H39N3O4/c1-33(18-25-19-34-28-10-6-5-9-27(25)28,32(40)35-26(17-29(37)38)16-20-7-3-2-4-8-20)36-31(39)30-23-12-21-11-22(14-23)15-24(30)13-21/h2-10,19,21-24,26,30,34H,11-18H2,1H3,(H,35,40)(H,36,39)(H,37,38)/t21?,22?,23?,24?,26-,30?,33+/m0/s1. The van der Waals surface area contributed by atoms with E-state index >= 15 is 0 Å². The van der Waals surface area contributed by atoms with Gasteiger partial charge in [0.05, 0.1) is 6.42 Å². The molecule has 4 saturated carbocycles. The van der Waals surface area contributed by atoms with Gasteiger partial charge in [-0.15, -0.1) is 0 Å². The van der Waals surface area contributed by atoms with Crippen molar-refractivity contribution in [2.75, 3.05) is 0 Å². The number of aromatic nitrogens is 1. The number of aliphatic carboxylic acids is 1. The Hall–Kier alpha value is -3.61. The summed E-state index contributed by atoms with van der Waals surface area (Å²) in [4.78, 5) is 43.1. The highest BCUT2D eigenvalue weighted by Crippen LogP contribution is 2.56. The number of benzene rings is 2. The zero-order valence-corrected chi connectivity index (χ0v) is 23.1. The lowest BCUT2D eigenvalue weighted by Crippen LogP contribution is -2.63. The number of nitrogens with one attached hydrogen (secondary N) is 3. The summed E-state index contributed by atoms with van der Waals surface area (Å²) in [5, 5.41) is 16.9. The molecule has 4 bridgehead atoms. The third-order valence-corrected chi connectivity index (χ3v) is 9.73. The smallest absolute Gasteiger partial charge is 0.305 e. The van der Waals surface area contributed by atoms with E-state index in [1.165, 1.54) is 6.42 Å². The number of carboxylic acids is 1. The zero-order chi connectivity index (χ0) is 27.9. The maximum atomic E-state index is 14.1. The van der Waals surface area contributed by atoms with Gasteiger partial charge in [0.25, 0.3) is 0 Å². The van der Waals surface area contributed by atoms with Crippen molar-refractivity contribution in [2.24, 2.45) is 29.6 Å². The second-order valence-corrected chi connectivity index (χ2v) is 12.8. The first-order valence-corrected chi connectivity index (χ1v) is 14.7. The number of rotatable bonds is 10. The van der Waals surface area contributed by atoms with Crippen LogP contribution in [0.25, 0.3) is 10.9 Å². The molecule has 4 aliphatic rings. The molecule has 0 unspecified atom stereocenters. The SMILES string of the molecule is C[C@](Cc1c[nH]c2ccccc12)(NC(=O)C1C2CC3CC(C2)CC1C3)C(=O)N[C@H](CC(=O)O)Cc1ccccc1. The molecule has 2 amide bonds. The maximum absolute atomic E-state index is 14.1. The molecule has 3 aromatic rings. The van der Waals surface area contributed by atoms with E-state index in [4.69, 9.17) is 0 Å². The summed E-state index contributed by atoms with van der Waals surface area (Å²) in [6, 6.07) is 16.9. The molecule has 210 valence electrons. The Morgan fingerprint density at radius 1 is 0.950 bits per heavy atom. The number of fused-ring (bicyclic) bond motifs is 1. The molecule has 4 N–H and O–H groups in total. The van der Waals surface area contributed by atoms with E-state index < -0.39 is 17.6 Å². The van der Waals surface area contributed by atoms with Crippen molar-refractivity contribution in [1.82, 2.24) is 15.6 Å². The topological polar surface area (TPSA) is 111 Å². The first-order valence-electron chi connectivity index (χ1n) is 14.7. The Kier molecular flexibility index (Phi) is 7.15. The molecule has 4 aliphatic carbocycles. The number of carbonyl (C=O) groups is 3. The minimum Gasteiger partial charge on any atom is -0.481 e. The van der Waals surface area contributed by atoms with Gasteiger partial charge in [0.2, 0.25) is 11.8 Å². The predicted molar refractivity (Wildman–Crippen MR) is 153 cm³/mol. The minimum absolute atomic E-state index is 0.0239. The predicted octanol–water partition coefficient (Wildman–Crippen LogP) is 4.86. The first-order chi connectivity index (χ1) is 19.3. The average Bonchev–Trinajstić information content (AvgIpc) is 3.30. The summed E-state index contributed by atoms with van der Waals surface area (Å²) in [7, 11) is 0. The van der Waals surface area contributed by atoms with Crippen LogP contribution in [0.2, 0.25) is 0 Å². The van der Waals surface area contributed by atoms with Crippen molar-refractivity contribution >= 4 is 28.7 Å². The van der Waals surface area contributed by atoms with Gasteiger partial charge in [-0.05, 0) is 86.3 Å². The third kappa shape index (κ3) is 5.38. The van der Waals surface area contributed by atoms with Gasteiger partial charge in [-0.2, -0.15) is 0 Å². The van der Waals surface area contributed by atoms with Crippen LogP contribution in [0.1, 0.15) is 56.6 Å². The molecular formula is C33H39N3O4. The zero-order valence-electron chi connectivity index (χ0n) is 23.1. The number of para-hydroxylation sites is 1. The van der Waals surface area contributed by atoms with Crippen molar-refractivity contribution in [3.05, 3.63) is 71.9 Å². The van der Waals surface area contributed by atoms with E-state index in [0.717, 1.165) is 59.5 Å². The monoisotopic (exact) mass is 541 g/mol. The fourth-order valence-corrected chi connectivity index (χ4v) is 8.18. The van der Waals surface area contributed by atoms with Crippen LogP contribution in [-0.2, 0) is 27.2 Å². The Balaban J connectivity index is 1.27. The highest BCUT2D eigenvalue weighted by Gasteiger charge is 2.52. The normalized spacial score (nSPS) is 27.2. The highest BCUT2D eigenvalue weighted by atomic mass is 16.4. The van der Waals surface area contributed by atoms with Gasteiger partial charge < -0.3 is 20.7 Å². The van der Waals surface area contributed by atoms with Crippen molar-refractivity contribution in [3.8, 4) is 0 Å². The number of H-pyrrole nitrogens is 1. The van der Waals surface area contributed by atoms with Crippen LogP contribution < -0.4 is 10.6 Å².